The maximum absolute atomic E-state index is 11.8. The molecule has 1 aromatic heterocycles. The zero-order chi connectivity index (χ0) is 13.8. The number of benzene rings is 2. The van der Waals surface area contributed by atoms with E-state index in [4.69, 9.17) is 4.74 Å². The zero-order valence-corrected chi connectivity index (χ0v) is 10.8. The number of carbonyl (C=O) groups is 1. The highest BCUT2D eigenvalue weighted by Gasteiger charge is 2.04. The SMILES string of the molecule is O=C(COc1ccc2[nH]ccc2c1)Nc1ccccc1. The second-order valence-electron chi connectivity index (χ2n) is 4.43. The van der Waals surface area contributed by atoms with E-state index < -0.39 is 0 Å². The number of anilines is 1. The van der Waals surface area contributed by atoms with Crippen LogP contribution in [0, 0.1) is 0 Å². The Labute approximate surface area is 116 Å². The van der Waals surface area contributed by atoms with Gasteiger partial charge in [0.15, 0.2) is 6.61 Å². The number of hydrogen-bond donors (Lipinski definition) is 2. The van der Waals surface area contributed by atoms with Gasteiger partial charge in [0.2, 0.25) is 0 Å². The van der Waals surface area contributed by atoms with Crippen LogP contribution < -0.4 is 10.1 Å². The fourth-order valence-electron chi connectivity index (χ4n) is 1.99. The van der Waals surface area contributed by atoms with Crippen molar-refractivity contribution in [1.82, 2.24) is 4.98 Å². The minimum atomic E-state index is -0.176. The lowest BCUT2D eigenvalue weighted by Crippen LogP contribution is -2.20. The molecule has 2 aromatic carbocycles. The van der Waals surface area contributed by atoms with Crippen molar-refractivity contribution >= 4 is 22.5 Å². The van der Waals surface area contributed by atoms with Crippen LogP contribution in [-0.4, -0.2) is 17.5 Å². The van der Waals surface area contributed by atoms with E-state index in [2.05, 4.69) is 10.3 Å². The van der Waals surface area contributed by atoms with Crippen LogP contribution in [0.4, 0.5) is 5.69 Å². The van der Waals surface area contributed by atoms with E-state index in [9.17, 15) is 4.79 Å². The topological polar surface area (TPSA) is 54.1 Å². The van der Waals surface area contributed by atoms with Gasteiger partial charge in [0.1, 0.15) is 5.75 Å². The fraction of sp³-hybridized carbons (Fsp3) is 0.0625. The molecule has 0 aliphatic carbocycles. The average Bonchev–Trinajstić information content (AvgIpc) is 2.93. The van der Waals surface area contributed by atoms with Gasteiger partial charge in [-0.15, -0.1) is 0 Å². The molecular formula is C16H14N2O2. The number of amides is 1. The highest BCUT2D eigenvalue weighted by atomic mass is 16.5. The van der Waals surface area contributed by atoms with Crippen molar-refractivity contribution in [3.63, 3.8) is 0 Å². The smallest absolute Gasteiger partial charge is 0.262 e. The minimum absolute atomic E-state index is 0.00910. The Morgan fingerprint density at radius 1 is 1.10 bits per heavy atom. The maximum atomic E-state index is 11.8. The highest BCUT2D eigenvalue weighted by molar-refractivity contribution is 5.91. The number of para-hydroxylation sites is 1. The number of ether oxygens (including phenoxy) is 1. The summed E-state index contributed by atoms with van der Waals surface area (Å²) in [5.41, 5.74) is 1.81. The summed E-state index contributed by atoms with van der Waals surface area (Å²) in [5, 5.41) is 3.84. The van der Waals surface area contributed by atoms with Crippen LogP contribution in [0.25, 0.3) is 10.9 Å². The van der Waals surface area contributed by atoms with Crippen molar-refractivity contribution in [2.75, 3.05) is 11.9 Å². The number of aromatic amines is 1. The molecule has 1 heterocycles. The van der Waals surface area contributed by atoms with Gasteiger partial charge in [0.25, 0.3) is 5.91 Å². The molecule has 3 aromatic rings. The molecule has 4 heteroatoms. The predicted octanol–water partition coefficient (Wildman–Crippen LogP) is 3.19. The van der Waals surface area contributed by atoms with Crippen LogP contribution in [0.1, 0.15) is 0 Å². The van der Waals surface area contributed by atoms with E-state index in [1.807, 2.05) is 60.8 Å². The molecule has 2 N–H and O–H groups in total. The summed E-state index contributed by atoms with van der Waals surface area (Å²) >= 11 is 0. The Hall–Kier alpha value is -2.75. The van der Waals surface area contributed by atoms with Gasteiger partial charge >= 0.3 is 0 Å². The summed E-state index contributed by atoms with van der Waals surface area (Å²) in [6.45, 7) is -0.00910. The van der Waals surface area contributed by atoms with Crippen molar-refractivity contribution in [3.05, 3.63) is 60.8 Å². The summed E-state index contributed by atoms with van der Waals surface area (Å²) in [6.07, 6.45) is 1.87. The van der Waals surface area contributed by atoms with E-state index in [0.717, 1.165) is 16.6 Å². The van der Waals surface area contributed by atoms with Crippen LogP contribution in [0.3, 0.4) is 0 Å². The summed E-state index contributed by atoms with van der Waals surface area (Å²) < 4.78 is 5.49. The summed E-state index contributed by atoms with van der Waals surface area (Å²) in [6, 6.07) is 17.0. The maximum Gasteiger partial charge on any atom is 0.262 e. The van der Waals surface area contributed by atoms with Gasteiger partial charge in [-0.1, -0.05) is 18.2 Å². The third-order valence-electron chi connectivity index (χ3n) is 2.95. The monoisotopic (exact) mass is 266 g/mol. The summed E-state index contributed by atoms with van der Waals surface area (Å²) in [4.78, 5) is 14.9. The van der Waals surface area contributed by atoms with Crippen molar-refractivity contribution in [3.8, 4) is 5.75 Å². The average molecular weight is 266 g/mol. The first-order valence-corrected chi connectivity index (χ1v) is 6.36. The Balaban J connectivity index is 1.59. The molecule has 0 spiro atoms. The first-order chi connectivity index (χ1) is 9.81. The van der Waals surface area contributed by atoms with Gasteiger partial charge < -0.3 is 15.0 Å². The molecule has 0 fully saturated rings. The lowest BCUT2D eigenvalue weighted by Gasteiger charge is -2.07. The van der Waals surface area contributed by atoms with Gasteiger partial charge in [-0.3, -0.25) is 4.79 Å². The molecule has 0 radical (unpaired) electrons. The molecule has 0 saturated carbocycles. The highest BCUT2D eigenvalue weighted by Crippen LogP contribution is 2.19. The number of nitrogens with one attached hydrogen (secondary N) is 2. The molecule has 20 heavy (non-hydrogen) atoms. The second-order valence-corrected chi connectivity index (χ2v) is 4.43. The van der Waals surface area contributed by atoms with Crippen molar-refractivity contribution in [2.24, 2.45) is 0 Å². The van der Waals surface area contributed by atoms with E-state index in [0.29, 0.717) is 5.75 Å². The lowest BCUT2D eigenvalue weighted by atomic mass is 10.2. The number of hydrogen-bond acceptors (Lipinski definition) is 2. The van der Waals surface area contributed by atoms with E-state index in [-0.39, 0.29) is 12.5 Å². The van der Waals surface area contributed by atoms with Crippen molar-refractivity contribution < 1.29 is 9.53 Å². The minimum Gasteiger partial charge on any atom is -0.484 e. The standard InChI is InChI=1S/C16H14N2O2/c19-16(18-13-4-2-1-3-5-13)11-20-14-6-7-15-12(10-14)8-9-17-15/h1-10,17H,11H2,(H,18,19). The van der Waals surface area contributed by atoms with Gasteiger partial charge in [-0.2, -0.15) is 0 Å². The molecule has 3 rings (SSSR count). The third-order valence-corrected chi connectivity index (χ3v) is 2.95. The molecule has 1 amide bonds. The lowest BCUT2D eigenvalue weighted by molar-refractivity contribution is -0.118. The van der Waals surface area contributed by atoms with Crippen LogP contribution >= 0.6 is 0 Å². The molecule has 0 unspecified atom stereocenters. The largest absolute Gasteiger partial charge is 0.484 e. The summed E-state index contributed by atoms with van der Waals surface area (Å²) in [7, 11) is 0. The third kappa shape index (κ3) is 2.80. The quantitative estimate of drug-likeness (QED) is 0.762. The fourth-order valence-corrected chi connectivity index (χ4v) is 1.99. The Bertz CT molecular complexity index is 719. The number of rotatable bonds is 4. The first-order valence-electron chi connectivity index (χ1n) is 6.36. The molecule has 0 bridgehead atoms. The predicted molar refractivity (Wildman–Crippen MR) is 78.9 cm³/mol. The van der Waals surface area contributed by atoms with Crippen molar-refractivity contribution in [2.45, 2.75) is 0 Å². The molecule has 0 saturated heterocycles. The first kappa shape index (κ1) is 12.3. The van der Waals surface area contributed by atoms with Gasteiger partial charge in [-0.25, -0.2) is 0 Å². The number of fused-ring (bicyclic) bond motifs is 1. The molecular weight excluding hydrogens is 252 g/mol. The van der Waals surface area contributed by atoms with E-state index in [1.165, 1.54) is 0 Å². The summed E-state index contributed by atoms with van der Waals surface area (Å²) in [5.74, 6) is 0.505. The van der Waals surface area contributed by atoms with E-state index >= 15 is 0 Å². The number of carbonyl (C=O) groups excluding carboxylic acids is 1. The Kier molecular flexibility index (Phi) is 3.37. The molecule has 4 nitrogen and oxygen atoms in total. The molecule has 0 atom stereocenters. The van der Waals surface area contributed by atoms with Crippen molar-refractivity contribution in [1.29, 1.82) is 0 Å². The zero-order valence-electron chi connectivity index (χ0n) is 10.8. The Morgan fingerprint density at radius 2 is 1.95 bits per heavy atom. The van der Waals surface area contributed by atoms with Crippen LogP contribution in [0.15, 0.2) is 60.8 Å². The second kappa shape index (κ2) is 5.48. The van der Waals surface area contributed by atoms with Crippen LogP contribution in [-0.2, 0) is 4.79 Å². The van der Waals surface area contributed by atoms with Crippen LogP contribution in [0.5, 0.6) is 5.75 Å². The number of H-pyrrole nitrogens is 1. The molecule has 0 aliphatic heterocycles. The van der Waals surface area contributed by atoms with Gasteiger partial charge in [0.05, 0.1) is 0 Å². The molecule has 0 aliphatic rings. The molecule has 100 valence electrons. The number of aromatic nitrogens is 1. The van der Waals surface area contributed by atoms with Gasteiger partial charge in [-0.05, 0) is 36.4 Å². The van der Waals surface area contributed by atoms with Gasteiger partial charge in [0, 0.05) is 22.8 Å². The Morgan fingerprint density at radius 3 is 2.80 bits per heavy atom. The van der Waals surface area contributed by atoms with Crippen LogP contribution in [0.2, 0.25) is 0 Å². The van der Waals surface area contributed by atoms with E-state index in [1.54, 1.807) is 0 Å². The normalized spacial score (nSPS) is 10.4.